The average Bonchev–Trinajstić information content (AvgIpc) is 2.31. The predicted molar refractivity (Wildman–Crippen MR) is 65.3 cm³/mol. The van der Waals surface area contributed by atoms with E-state index in [1.165, 1.54) is 0 Å². The summed E-state index contributed by atoms with van der Waals surface area (Å²) in [4.78, 5) is 4.60. The summed E-state index contributed by atoms with van der Waals surface area (Å²) < 4.78 is 0. The lowest BCUT2D eigenvalue weighted by Gasteiger charge is -2.34. The lowest BCUT2D eigenvalue weighted by atomic mass is 10.1. The maximum Gasteiger partial charge on any atom is 0.101 e. The molecule has 1 fully saturated rings. The quantitative estimate of drug-likeness (QED) is 0.708. The van der Waals surface area contributed by atoms with Gasteiger partial charge in [0.25, 0.3) is 0 Å². The van der Waals surface area contributed by atoms with Crippen LogP contribution in [-0.4, -0.2) is 38.1 Å². The summed E-state index contributed by atoms with van der Waals surface area (Å²) in [6, 6.07) is 7.80. The Morgan fingerprint density at radius 2 is 1.94 bits per heavy atom. The Labute approximate surface area is 95.9 Å². The second-order valence-electron chi connectivity index (χ2n) is 4.17. The van der Waals surface area contributed by atoms with Crippen LogP contribution in [0.15, 0.2) is 18.2 Å². The monoisotopic (exact) mass is 216 g/mol. The van der Waals surface area contributed by atoms with Gasteiger partial charge in [-0.1, -0.05) is 0 Å². The number of nitrogens with two attached hydrogens (primary N) is 1. The van der Waals surface area contributed by atoms with Crippen LogP contribution in [0.5, 0.6) is 0 Å². The first kappa shape index (κ1) is 10.8. The van der Waals surface area contributed by atoms with Crippen molar-refractivity contribution < 1.29 is 0 Å². The Kier molecular flexibility index (Phi) is 2.97. The first-order chi connectivity index (χ1) is 7.70. The Balaban J connectivity index is 2.18. The molecule has 1 aliphatic rings. The maximum absolute atomic E-state index is 8.93. The Morgan fingerprint density at radius 3 is 2.56 bits per heavy atom. The van der Waals surface area contributed by atoms with Gasteiger partial charge in [-0.3, -0.25) is 0 Å². The summed E-state index contributed by atoms with van der Waals surface area (Å²) in [7, 11) is 2.13. The van der Waals surface area contributed by atoms with Gasteiger partial charge in [-0.2, -0.15) is 5.26 Å². The number of nitrogens with zero attached hydrogens (tertiary/aromatic N) is 3. The molecule has 4 nitrogen and oxygen atoms in total. The second kappa shape index (κ2) is 4.42. The van der Waals surface area contributed by atoms with Gasteiger partial charge in [0, 0.05) is 37.6 Å². The van der Waals surface area contributed by atoms with Crippen molar-refractivity contribution in [2.75, 3.05) is 43.9 Å². The van der Waals surface area contributed by atoms with Crippen LogP contribution in [0, 0.1) is 11.3 Å². The zero-order valence-electron chi connectivity index (χ0n) is 9.48. The third-order valence-corrected chi connectivity index (χ3v) is 3.03. The Hall–Kier alpha value is -1.73. The third-order valence-electron chi connectivity index (χ3n) is 3.03. The van der Waals surface area contributed by atoms with Crippen molar-refractivity contribution in [1.82, 2.24) is 4.90 Å². The molecule has 0 atom stereocenters. The Morgan fingerprint density at radius 1 is 1.25 bits per heavy atom. The van der Waals surface area contributed by atoms with Gasteiger partial charge in [0.2, 0.25) is 0 Å². The van der Waals surface area contributed by atoms with Crippen LogP contribution in [0.1, 0.15) is 5.56 Å². The highest BCUT2D eigenvalue weighted by molar-refractivity contribution is 5.62. The smallest absolute Gasteiger partial charge is 0.101 e. The van der Waals surface area contributed by atoms with E-state index in [0.29, 0.717) is 11.3 Å². The molecule has 16 heavy (non-hydrogen) atoms. The summed E-state index contributed by atoms with van der Waals surface area (Å²) in [5, 5.41) is 8.93. The van der Waals surface area contributed by atoms with Crippen molar-refractivity contribution >= 4 is 11.4 Å². The molecule has 0 saturated carbocycles. The first-order valence-electron chi connectivity index (χ1n) is 5.44. The minimum atomic E-state index is 0.556. The van der Waals surface area contributed by atoms with Gasteiger partial charge in [0.05, 0.1) is 5.56 Å². The largest absolute Gasteiger partial charge is 0.398 e. The molecule has 0 bridgehead atoms. The van der Waals surface area contributed by atoms with Crippen LogP contribution in [0.3, 0.4) is 0 Å². The molecule has 1 aromatic carbocycles. The molecule has 2 N–H and O–H groups in total. The molecule has 1 heterocycles. The van der Waals surface area contributed by atoms with E-state index >= 15 is 0 Å². The summed E-state index contributed by atoms with van der Waals surface area (Å²) in [6.07, 6.45) is 0. The summed E-state index contributed by atoms with van der Waals surface area (Å²) in [5.41, 5.74) is 7.92. The highest BCUT2D eigenvalue weighted by Crippen LogP contribution is 2.21. The lowest BCUT2D eigenvalue weighted by Crippen LogP contribution is -2.44. The van der Waals surface area contributed by atoms with Crippen LogP contribution in [0.4, 0.5) is 11.4 Å². The van der Waals surface area contributed by atoms with Crippen LogP contribution in [-0.2, 0) is 0 Å². The van der Waals surface area contributed by atoms with E-state index in [1.54, 1.807) is 0 Å². The average molecular weight is 216 g/mol. The van der Waals surface area contributed by atoms with Gasteiger partial charge in [0.15, 0.2) is 0 Å². The Bertz CT molecular complexity index is 414. The van der Waals surface area contributed by atoms with Crippen LogP contribution >= 0.6 is 0 Å². The van der Waals surface area contributed by atoms with Crippen molar-refractivity contribution in [3.05, 3.63) is 23.8 Å². The fourth-order valence-corrected chi connectivity index (χ4v) is 1.90. The van der Waals surface area contributed by atoms with Crippen molar-refractivity contribution in [2.45, 2.75) is 0 Å². The van der Waals surface area contributed by atoms with Gasteiger partial charge in [-0.25, -0.2) is 0 Å². The standard InChI is InChI=1S/C12H16N4/c1-15-4-6-16(7-5-15)11-2-3-12(14)10(8-11)9-13/h2-3,8H,4-7,14H2,1H3. The van der Waals surface area contributed by atoms with E-state index in [1.807, 2.05) is 18.2 Å². The number of rotatable bonds is 1. The zero-order valence-corrected chi connectivity index (χ0v) is 9.48. The molecule has 0 aromatic heterocycles. The molecule has 84 valence electrons. The molecule has 4 heteroatoms. The SMILES string of the molecule is CN1CCN(c2ccc(N)c(C#N)c2)CC1. The minimum absolute atomic E-state index is 0.556. The van der Waals surface area contributed by atoms with Crippen LogP contribution in [0.2, 0.25) is 0 Å². The fraction of sp³-hybridized carbons (Fsp3) is 0.417. The number of nitriles is 1. The summed E-state index contributed by atoms with van der Waals surface area (Å²) >= 11 is 0. The number of hydrogen-bond acceptors (Lipinski definition) is 4. The summed E-state index contributed by atoms with van der Waals surface area (Å²) in [5.74, 6) is 0. The number of hydrogen-bond donors (Lipinski definition) is 1. The van der Waals surface area contributed by atoms with E-state index in [4.69, 9.17) is 11.0 Å². The number of benzene rings is 1. The molecule has 0 spiro atoms. The molecule has 0 amide bonds. The number of anilines is 2. The summed E-state index contributed by atoms with van der Waals surface area (Å²) in [6.45, 7) is 4.13. The highest BCUT2D eigenvalue weighted by Gasteiger charge is 2.14. The van der Waals surface area contributed by atoms with Crippen LogP contribution in [0.25, 0.3) is 0 Å². The second-order valence-corrected chi connectivity index (χ2v) is 4.17. The van der Waals surface area contributed by atoms with Gasteiger partial charge < -0.3 is 15.5 Å². The van der Waals surface area contributed by atoms with Gasteiger partial charge in [-0.15, -0.1) is 0 Å². The van der Waals surface area contributed by atoms with E-state index < -0.39 is 0 Å². The molecule has 0 unspecified atom stereocenters. The predicted octanol–water partition coefficient (Wildman–Crippen LogP) is 0.892. The van der Waals surface area contributed by atoms with Crippen LogP contribution < -0.4 is 10.6 Å². The third kappa shape index (κ3) is 2.10. The topological polar surface area (TPSA) is 56.3 Å². The minimum Gasteiger partial charge on any atom is -0.398 e. The molecule has 0 aliphatic carbocycles. The van der Waals surface area contributed by atoms with E-state index in [0.717, 1.165) is 31.9 Å². The normalized spacial score (nSPS) is 17.1. The maximum atomic E-state index is 8.93. The van der Waals surface area contributed by atoms with Gasteiger partial charge in [-0.05, 0) is 25.2 Å². The van der Waals surface area contributed by atoms with Gasteiger partial charge in [0.1, 0.15) is 6.07 Å². The van der Waals surface area contributed by atoms with Crippen molar-refractivity contribution in [3.8, 4) is 6.07 Å². The first-order valence-corrected chi connectivity index (χ1v) is 5.44. The van der Waals surface area contributed by atoms with E-state index in [2.05, 4.69) is 22.9 Å². The molecule has 1 aromatic rings. The lowest BCUT2D eigenvalue weighted by molar-refractivity contribution is 0.313. The molecule has 1 saturated heterocycles. The zero-order chi connectivity index (χ0) is 11.5. The van der Waals surface area contributed by atoms with E-state index in [-0.39, 0.29) is 0 Å². The number of likely N-dealkylation sites (N-methyl/N-ethyl adjacent to an activating group) is 1. The van der Waals surface area contributed by atoms with Crippen molar-refractivity contribution in [3.63, 3.8) is 0 Å². The highest BCUT2D eigenvalue weighted by atomic mass is 15.2. The molecular weight excluding hydrogens is 200 g/mol. The van der Waals surface area contributed by atoms with Gasteiger partial charge >= 0.3 is 0 Å². The number of nitrogen functional groups attached to an aromatic ring is 1. The molecule has 2 rings (SSSR count). The molecular formula is C12H16N4. The number of piperazine rings is 1. The van der Waals surface area contributed by atoms with Crippen molar-refractivity contribution in [1.29, 1.82) is 5.26 Å². The van der Waals surface area contributed by atoms with Crippen molar-refractivity contribution in [2.24, 2.45) is 0 Å². The van der Waals surface area contributed by atoms with E-state index in [9.17, 15) is 0 Å². The molecule has 1 aliphatic heterocycles. The fourth-order valence-electron chi connectivity index (χ4n) is 1.90. The molecule has 0 radical (unpaired) electrons.